The van der Waals surface area contributed by atoms with Crippen molar-refractivity contribution in [2.45, 2.75) is 0 Å². The Morgan fingerprint density at radius 3 is 1.22 bits per heavy atom. The number of benzene rings is 10. The Morgan fingerprint density at radius 2 is 0.750 bits per heavy atom. The second-order valence-corrected chi connectivity index (χ2v) is 17.4. The highest BCUT2D eigenvalue weighted by Gasteiger charge is 2.24. The number of fused-ring (bicyclic) bond motifs is 14. The van der Waals surface area contributed by atoms with E-state index in [0.717, 1.165) is 110 Å². The van der Waals surface area contributed by atoms with Crippen LogP contribution in [0, 0.1) is 17.9 Å². The summed E-state index contributed by atoms with van der Waals surface area (Å²) in [5, 5.41) is 20.1. The van der Waals surface area contributed by atoms with Gasteiger partial charge in [-0.25, -0.2) is 4.85 Å². The molecule has 6 heteroatoms. The molecule has 6 nitrogen and oxygen atoms in total. The molecular weight excluding hydrogens is 829 g/mol. The van der Waals surface area contributed by atoms with Gasteiger partial charge < -0.3 is 18.3 Å². The lowest BCUT2D eigenvalue weighted by Gasteiger charge is -2.16. The smallest absolute Gasteiger partial charge is 0.195 e. The van der Waals surface area contributed by atoms with E-state index >= 15 is 0 Å². The Balaban J connectivity index is 1.05. The third kappa shape index (κ3) is 5.20. The first-order valence-electron chi connectivity index (χ1n) is 22.8. The molecule has 0 fully saturated rings. The van der Waals surface area contributed by atoms with Gasteiger partial charge in [0.1, 0.15) is 0 Å². The van der Waals surface area contributed by atoms with E-state index in [9.17, 15) is 5.26 Å². The molecule has 0 bridgehead atoms. The number of para-hydroxylation sites is 6. The van der Waals surface area contributed by atoms with Crippen molar-refractivity contribution in [1.82, 2.24) is 18.3 Å². The van der Waals surface area contributed by atoms with Crippen LogP contribution in [0.4, 0.5) is 5.69 Å². The molecule has 314 valence electrons. The predicted octanol–water partition coefficient (Wildman–Crippen LogP) is 16.2. The van der Waals surface area contributed by atoms with E-state index in [1.165, 1.54) is 0 Å². The van der Waals surface area contributed by atoms with Crippen molar-refractivity contribution in [1.29, 1.82) is 5.26 Å². The molecule has 0 N–H and O–H groups in total. The molecule has 0 saturated carbocycles. The number of nitrogens with zero attached hydrogens (tertiary/aromatic N) is 6. The monoisotopic (exact) mass is 864 g/mol. The highest BCUT2D eigenvalue weighted by Crippen LogP contribution is 2.46. The molecule has 0 aliphatic rings. The Kier molecular flexibility index (Phi) is 8.01. The van der Waals surface area contributed by atoms with E-state index in [2.05, 4.69) is 235 Å². The van der Waals surface area contributed by atoms with Gasteiger partial charge in [0, 0.05) is 65.8 Å². The quantitative estimate of drug-likeness (QED) is 0.159. The van der Waals surface area contributed by atoms with Crippen molar-refractivity contribution in [3.8, 4) is 39.9 Å². The SMILES string of the molecule is [C-]#[N+]c1ccc(-n2c3ccccc3c3ccc4c(c5ccccc5n4-c4ccccc4)c32)cc1-c1cc(-n2c3ccccc3c3ccc4c(c5ccccc5n4-c4ccccc4)c32)ccc1C#N. The van der Waals surface area contributed by atoms with Gasteiger partial charge in [-0.3, -0.25) is 0 Å². The maximum Gasteiger partial charge on any atom is 0.195 e. The average molecular weight is 865 g/mol. The van der Waals surface area contributed by atoms with Crippen LogP contribution in [0.3, 0.4) is 0 Å². The van der Waals surface area contributed by atoms with Crippen molar-refractivity contribution in [2.75, 3.05) is 0 Å². The molecule has 68 heavy (non-hydrogen) atoms. The number of nitriles is 1. The normalized spacial score (nSPS) is 11.8. The summed E-state index contributed by atoms with van der Waals surface area (Å²) in [5.74, 6) is 0. The summed E-state index contributed by atoms with van der Waals surface area (Å²) in [6.45, 7) is 8.53. The van der Waals surface area contributed by atoms with Gasteiger partial charge in [0.05, 0.1) is 62.3 Å². The summed E-state index contributed by atoms with van der Waals surface area (Å²) in [6, 6.07) is 79.2. The minimum Gasteiger partial charge on any atom is -0.309 e. The standard InChI is InChI=1S/C62H36N6/c1-64-52-33-30-43(68-54-25-13-9-21-45(54)47-32-35-58-60(62(47)68)49-23-11-15-27-56(49)66(58)41-18-6-3-7-19-41)37-51(52)50-36-42(29-28-39(50)38-63)67-53-24-12-8-20-44(53)46-31-34-57-59(61(46)67)48-22-10-14-26-55(48)65(57)40-16-4-2-5-17-40/h2-37H. The van der Waals surface area contributed by atoms with Crippen LogP contribution in [0.15, 0.2) is 218 Å². The van der Waals surface area contributed by atoms with Crippen LogP contribution in [0.2, 0.25) is 0 Å². The molecule has 14 aromatic rings. The predicted molar refractivity (Wildman–Crippen MR) is 280 cm³/mol. The fraction of sp³-hybridized carbons (Fsp3) is 0. The van der Waals surface area contributed by atoms with Gasteiger partial charge in [-0.15, -0.1) is 0 Å². The van der Waals surface area contributed by atoms with Gasteiger partial charge in [0.15, 0.2) is 5.69 Å². The molecule has 14 rings (SSSR count). The summed E-state index contributed by atoms with van der Waals surface area (Å²) < 4.78 is 9.42. The van der Waals surface area contributed by atoms with E-state index in [4.69, 9.17) is 6.57 Å². The fourth-order valence-electron chi connectivity index (χ4n) is 11.2. The maximum atomic E-state index is 10.9. The second-order valence-electron chi connectivity index (χ2n) is 17.4. The lowest BCUT2D eigenvalue weighted by molar-refractivity contribution is 1.17. The van der Waals surface area contributed by atoms with Crippen LogP contribution < -0.4 is 0 Å². The van der Waals surface area contributed by atoms with Crippen LogP contribution in [0.1, 0.15) is 5.56 Å². The Bertz CT molecular complexity index is 4220. The third-order valence-electron chi connectivity index (χ3n) is 14.0. The van der Waals surface area contributed by atoms with Gasteiger partial charge in [-0.05, 0) is 102 Å². The molecule has 0 radical (unpaired) electrons. The highest BCUT2D eigenvalue weighted by molar-refractivity contribution is 6.27. The van der Waals surface area contributed by atoms with Crippen LogP contribution in [0.5, 0.6) is 0 Å². The Hall–Kier alpha value is -9.62. The summed E-state index contributed by atoms with van der Waals surface area (Å²) in [4.78, 5) is 4.11. The minimum atomic E-state index is 0.476. The first kappa shape index (κ1) is 37.7. The first-order valence-corrected chi connectivity index (χ1v) is 22.8. The van der Waals surface area contributed by atoms with Crippen LogP contribution in [0.25, 0.3) is 126 Å². The van der Waals surface area contributed by atoms with Crippen LogP contribution in [-0.2, 0) is 0 Å². The summed E-state index contributed by atoms with van der Waals surface area (Å²) in [7, 11) is 0. The van der Waals surface area contributed by atoms with Gasteiger partial charge >= 0.3 is 0 Å². The third-order valence-corrected chi connectivity index (χ3v) is 14.0. The molecule has 0 spiro atoms. The summed E-state index contributed by atoms with van der Waals surface area (Å²) in [6.07, 6.45) is 0. The minimum absolute atomic E-state index is 0.476. The zero-order valence-electron chi connectivity index (χ0n) is 36.5. The first-order chi connectivity index (χ1) is 33.7. The molecule has 0 atom stereocenters. The number of hydrogen-bond acceptors (Lipinski definition) is 1. The molecule has 4 aromatic heterocycles. The Labute approximate surface area is 390 Å². The molecule has 0 aliphatic heterocycles. The van der Waals surface area contributed by atoms with Crippen molar-refractivity contribution in [3.63, 3.8) is 0 Å². The zero-order valence-corrected chi connectivity index (χ0v) is 36.5. The van der Waals surface area contributed by atoms with Gasteiger partial charge in [0.2, 0.25) is 0 Å². The van der Waals surface area contributed by atoms with Crippen molar-refractivity contribution in [3.05, 3.63) is 235 Å². The molecule has 0 amide bonds. The largest absolute Gasteiger partial charge is 0.309 e. The molecule has 4 heterocycles. The van der Waals surface area contributed by atoms with Gasteiger partial charge in [-0.1, -0.05) is 127 Å². The molecule has 10 aromatic carbocycles. The zero-order chi connectivity index (χ0) is 45.0. The molecule has 0 saturated heterocycles. The number of aromatic nitrogens is 4. The average Bonchev–Trinajstić information content (AvgIpc) is 4.14. The van der Waals surface area contributed by atoms with Crippen molar-refractivity contribution in [2.24, 2.45) is 0 Å². The van der Waals surface area contributed by atoms with Crippen LogP contribution in [-0.4, -0.2) is 18.3 Å². The van der Waals surface area contributed by atoms with E-state index in [1.807, 2.05) is 12.1 Å². The topological polar surface area (TPSA) is 47.9 Å². The van der Waals surface area contributed by atoms with Crippen molar-refractivity contribution >= 4 is 92.9 Å². The number of hydrogen-bond donors (Lipinski definition) is 0. The molecular formula is C62H36N6. The van der Waals surface area contributed by atoms with E-state index in [0.29, 0.717) is 22.4 Å². The second kappa shape index (κ2) is 14.4. The summed E-state index contributed by atoms with van der Waals surface area (Å²) >= 11 is 0. The van der Waals surface area contributed by atoms with Crippen LogP contribution >= 0.6 is 0 Å². The van der Waals surface area contributed by atoms with E-state index in [-0.39, 0.29) is 0 Å². The highest BCUT2D eigenvalue weighted by atomic mass is 15.0. The van der Waals surface area contributed by atoms with E-state index in [1.54, 1.807) is 0 Å². The number of rotatable bonds is 5. The Morgan fingerprint density at radius 1 is 0.338 bits per heavy atom. The maximum absolute atomic E-state index is 10.9. The fourth-order valence-corrected chi connectivity index (χ4v) is 11.2. The molecule has 0 aliphatic carbocycles. The summed E-state index contributed by atoms with van der Waals surface area (Å²) in [5.41, 5.74) is 15.2. The molecule has 0 unspecified atom stereocenters. The lowest BCUT2D eigenvalue weighted by Crippen LogP contribution is -1.98. The van der Waals surface area contributed by atoms with Gasteiger partial charge in [-0.2, -0.15) is 5.26 Å². The lowest BCUT2D eigenvalue weighted by atomic mass is 9.97. The van der Waals surface area contributed by atoms with E-state index < -0.39 is 0 Å². The van der Waals surface area contributed by atoms with Gasteiger partial charge in [0.25, 0.3) is 0 Å². The van der Waals surface area contributed by atoms with Crippen molar-refractivity contribution < 1.29 is 0 Å².